The van der Waals surface area contributed by atoms with E-state index < -0.39 is 5.76 Å². The molecule has 3 rings (SSSR count). The number of hydrogen-bond acceptors (Lipinski definition) is 3. The lowest BCUT2D eigenvalue weighted by Gasteiger charge is -2.12. The first kappa shape index (κ1) is 13.6. The molecule has 0 saturated heterocycles. The van der Waals surface area contributed by atoms with E-state index >= 15 is 0 Å². The number of nitrogens with two attached hydrogens (primary N) is 1. The lowest BCUT2D eigenvalue weighted by molar-refractivity contribution is 0.527. The van der Waals surface area contributed by atoms with Gasteiger partial charge in [-0.1, -0.05) is 24.3 Å². The molecular formula is C16H15FN2O2. The molecule has 1 aromatic heterocycles. The van der Waals surface area contributed by atoms with Gasteiger partial charge in [-0.3, -0.25) is 4.57 Å². The molecule has 1 heterocycles. The van der Waals surface area contributed by atoms with Crippen molar-refractivity contribution in [3.63, 3.8) is 0 Å². The molecule has 108 valence electrons. The number of benzene rings is 2. The molecule has 0 amide bonds. The maximum Gasteiger partial charge on any atom is 0.419 e. The zero-order chi connectivity index (χ0) is 15.0. The van der Waals surface area contributed by atoms with Crippen LogP contribution in [0.5, 0.6) is 0 Å². The Hall–Kier alpha value is -2.40. The van der Waals surface area contributed by atoms with Crippen molar-refractivity contribution in [3.05, 3.63) is 70.0 Å². The Kier molecular flexibility index (Phi) is 3.35. The molecule has 1 atom stereocenters. The van der Waals surface area contributed by atoms with E-state index in [0.717, 1.165) is 5.56 Å². The molecule has 5 heteroatoms. The molecule has 2 N–H and O–H groups in total. The predicted molar refractivity (Wildman–Crippen MR) is 78.5 cm³/mol. The van der Waals surface area contributed by atoms with Gasteiger partial charge in [0.05, 0.1) is 5.52 Å². The van der Waals surface area contributed by atoms with Crippen molar-refractivity contribution in [1.29, 1.82) is 0 Å². The third kappa shape index (κ3) is 2.48. The number of nitrogens with zero attached hydrogens (tertiary/aromatic N) is 1. The summed E-state index contributed by atoms with van der Waals surface area (Å²) in [5, 5.41) is 0. The first-order valence-electron chi connectivity index (χ1n) is 6.64. The van der Waals surface area contributed by atoms with Crippen LogP contribution in [-0.4, -0.2) is 4.57 Å². The monoisotopic (exact) mass is 286 g/mol. The SMILES string of the molecule is Cn1c(=O)oc2cc(C(N)Cc3ccccc3F)ccc21. The van der Waals surface area contributed by atoms with Gasteiger partial charge in [0, 0.05) is 13.1 Å². The third-order valence-corrected chi connectivity index (χ3v) is 3.64. The van der Waals surface area contributed by atoms with Gasteiger partial charge in [-0.15, -0.1) is 0 Å². The average Bonchev–Trinajstić information content (AvgIpc) is 2.76. The summed E-state index contributed by atoms with van der Waals surface area (Å²) in [4.78, 5) is 11.5. The lowest BCUT2D eigenvalue weighted by Crippen LogP contribution is -2.14. The smallest absolute Gasteiger partial charge is 0.408 e. The van der Waals surface area contributed by atoms with Crippen LogP contribution in [0.4, 0.5) is 4.39 Å². The minimum atomic E-state index is -0.412. The van der Waals surface area contributed by atoms with Crippen LogP contribution in [-0.2, 0) is 13.5 Å². The van der Waals surface area contributed by atoms with Crippen LogP contribution in [0.2, 0.25) is 0 Å². The minimum absolute atomic E-state index is 0.264. The Labute approximate surface area is 120 Å². The van der Waals surface area contributed by atoms with Crippen LogP contribution in [0.25, 0.3) is 11.1 Å². The number of fused-ring (bicyclic) bond motifs is 1. The molecule has 3 aromatic rings. The van der Waals surface area contributed by atoms with Crippen LogP contribution in [0.3, 0.4) is 0 Å². The molecule has 1 unspecified atom stereocenters. The summed E-state index contributed by atoms with van der Waals surface area (Å²) in [6.07, 6.45) is 0.384. The van der Waals surface area contributed by atoms with Crippen molar-refractivity contribution in [2.45, 2.75) is 12.5 Å². The fourth-order valence-corrected chi connectivity index (χ4v) is 2.40. The lowest BCUT2D eigenvalue weighted by atomic mass is 9.99. The number of halogens is 1. The minimum Gasteiger partial charge on any atom is -0.408 e. The van der Waals surface area contributed by atoms with Gasteiger partial charge in [0.15, 0.2) is 5.58 Å². The van der Waals surface area contributed by atoms with E-state index in [1.807, 2.05) is 6.07 Å². The molecule has 0 bridgehead atoms. The second-order valence-corrected chi connectivity index (χ2v) is 5.06. The van der Waals surface area contributed by atoms with Crippen LogP contribution in [0.15, 0.2) is 51.7 Å². The average molecular weight is 286 g/mol. The highest BCUT2D eigenvalue weighted by atomic mass is 19.1. The first-order valence-corrected chi connectivity index (χ1v) is 6.64. The van der Waals surface area contributed by atoms with Gasteiger partial charge in [-0.25, -0.2) is 9.18 Å². The van der Waals surface area contributed by atoms with Crippen molar-refractivity contribution in [2.24, 2.45) is 12.8 Å². The standard InChI is InChI=1S/C16H15FN2O2/c1-19-14-7-6-11(9-15(14)21-16(19)20)13(18)8-10-4-2-3-5-12(10)17/h2-7,9,13H,8,18H2,1H3. The van der Waals surface area contributed by atoms with Crippen LogP contribution in [0.1, 0.15) is 17.2 Å². The number of oxazole rings is 1. The fourth-order valence-electron chi connectivity index (χ4n) is 2.40. The van der Waals surface area contributed by atoms with E-state index in [0.29, 0.717) is 23.1 Å². The summed E-state index contributed by atoms with van der Waals surface area (Å²) in [5.41, 5.74) is 8.71. The summed E-state index contributed by atoms with van der Waals surface area (Å²) in [7, 11) is 1.65. The van der Waals surface area contributed by atoms with E-state index in [-0.39, 0.29) is 11.9 Å². The maximum atomic E-state index is 13.7. The predicted octanol–water partition coefficient (Wildman–Crippen LogP) is 2.51. The molecule has 2 aromatic carbocycles. The molecule has 0 radical (unpaired) electrons. The zero-order valence-corrected chi connectivity index (χ0v) is 11.5. The summed E-state index contributed by atoms with van der Waals surface area (Å²) in [6.45, 7) is 0. The number of aromatic nitrogens is 1. The summed E-state index contributed by atoms with van der Waals surface area (Å²) < 4.78 is 20.2. The third-order valence-electron chi connectivity index (χ3n) is 3.64. The highest BCUT2D eigenvalue weighted by Crippen LogP contribution is 2.22. The van der Waals surface area contributed by atoms with E-state index in [1.54, 1.807) is 37.4 Å². The Balaban J connectivity index is 1.93. The number of aryl methyl sites for hydroxylation is 1. The largest absolute Gasteiger partial charge is 0.419 e. The topological polar surface area (TPSA) is 61.2 Å². The molecule has 0 saturated carbocycles. The highest BCUT2D eigenvalue weighted by molar-refractivity contribution is 5.73. The van der Waals surface area contributed by atoms with Crippen LogP contribution < -0.4 is 11.5 Å². The summed E-state index contributed by atoms with van der Waals surface area (Å²) in [6, 6.07) is 11.6. The summed E-state index contributed by atoms with van der Waals surface area (Å²) in [5.74, 6) is -0.676. The Morgan fingerprint density at radius 3 is 2.81 bits per heavy atom. The van der Waals surface area contributed by atoms with Crippen molar-refractivity contribution in [2.75, 3.05) is 0 Å². The Morgan fingerprint density at radius 1 is 1.29 bits per heavy atom. The first-order chi connectivity index (χ1) is 10.1. The van der Waals surface area contributed by atoms with Gasteiger partial charge in [-0.2, -0.15) is 0 Å². The van der Waals surface area contributed by atoms with Gasteiger partial charge < -0.3 is 10.2 Å². The molecule has 0 aliphatic rings. The zero-order valence-electron chi connectivity index (χ0n) is 11.5. The Morgan fingerprint density at radius 2 is 2.05 bits per heavy atom. The van der Waals surface area contributed by atoms with Crippen molar-refractivity contribution in [3.8, 4) is 0 Å². The van der Waals surface area contributed by atoms with E-state index in [2.05, 4.69) is 0 Å². The highest BCUT2D eigenvalue weighted by Gasteiger charge is 2.13. The second-order valence-electron chi connectivity index (χ2n) is 5.06. The van der Waals surface area contributed by atoms with E-state index in [9.17, 15) is 9.18 Å². The Bertz CT molecular complexity index is 851. The van der Waals surface area contributed by atoms with Gasteiger partial charge in [0.2, 0.25) is 0 Å². The van der Waals surface area contributed by atoms with E-state index in [1.165, 1.54) is 10.6 Å². The molecule has 4 nitrogen and oxygen atoms in total. The molecule has 0 fully saturated rings. The van der Waals surface area contributed by atoms with Crippen LogP contribution in [0, 0.1) is 5.82 Å². The van der Waals surface area contributed by atoms with Gasteiger partial charge in [0.1, 0.15) is 5.82 Å². The second kappa shape index (κ2) is 5.18. The van der Waals surface area contributed by atoms with Crippen molar-refractivity contribution in [1.82, 2.24) is 4.57 Å². The van der Waals surface area contributed by atoms with Crippen molar-refractivity contribution < 1.29 is 8.81 Å². The van der Waals surface area contributed by atoms with E-state index in [4.69, 9.17) is 10.2 Å². The molecule has 0 aliphatic heterocycles. The molecule has 0 spiro atoms. The fraction of sp³-hybridized carbons (Fsp3) is 0.188. The molecule has 0 aliphatic carbocycles. The quantitative estimate of drug-likeness (QED) is 0.804. The maximum absolute atomic E-state index is 13.7. The van der Waals surface area contributed by atoms with Gasteiger partial charge >= 0.3 is 5.76 Å². The number of hydrogen-bond donors (Lipinski definition) is 1. The van der Waals surface area contributed by atoms with Crippen LogP contribution >= 0.6 is 0 Å². The van der Waals surface area contributed by atoms with Gasteiger partial charge in [0.25, 0.3) is 0 Å². The normalized spacial score (nSPS) is 12.7. The number of rotatable bonds is 3. The van der Waals surface area contributed by atoms with Gasteiger partial charge in [-0.05, 0) is 35.7 Å². The molecular weight excluding hydrogens is 271 g/mol. The van der Waals surface area contributed by atoms with Crippen molar-refractivity contribution >= 4 is 11.1 Å². The summed E-state index contributed by atoms with van der Waals surface area (Å²) >= 11 is 0. The molecule has 21 heavy (non-hydrogen) atoms.